The Morgan fingerprint density at radius 3 is 2.87 bits per heavy atom. The quantitative estimate of drug-likeness (QED) is 0.913. The number of benzene rings is 1. The maximum atomic E-state index is 13.5. The third-order valence-corrected chi connectivity index (χ3v) is 3.84. The molecule has 0 saturated carbocycles. The molecule has 1 aliphatic rings. The van der Waals surface area contributed by atoms with Gasteiger partial charge in [0.15, 0.2) is 5.89 Å². The standard InChI is InChI=1S/C16H18FN3O2.ClH/c1-10-15(22-11(2)19-10)16(21)20-7-6-18-9-14(20)12-4-3-5-13(17)8-12;/h3-5,8,14,18H,6-7,9H2,1-2H3;1H. The summed E-state index contributed by atoms with van der Waals surface area (Å²) in [5, 5.41) is 3.25. The Morgan fingerprint density at radius 2 is 2.22 bits per heavy atom. The molecule has 3 rings (SSSR count). The molecule has 1 saturated heterocycles. The first kappa shape index (κ1) is 17.4. The molecule has 1 aliphatic heterocycles. The molecule has 7 heteroatoms. The predicted octanol–water partition coefficient (Wildman–Crippen LogP) is 2.64. The van der Waals surface area contributed by atoms with Crippen molar-refractivity contribution in [1.29, 1.82) is 0 Å². The molecule has 2 heterocycles. The van der Waals surface area contributed by atoms with E-state index in [2.05, 4.69) is 10.3 Å². The second-order valence-corrected chi connectivity index (χ2v) is 5.42. The van der Waals surface area contributed by atoms with Gasteiger partial charge >= 0.3 is 0 Å². The molecular formula is C16H19ClFN3O2. The van der Waals surface area contributed by atoms with Crippen LogP contribution in [0.5, 0.6) is 0 Å². The van der Waals surface area contributed by atoms with Crippen molar-refractivity contribution in [2.45, 2.75) is 19.9 Å². The Hall–Kier alpha value is -1.92. The molecule has 1 N–H and O–H groups in total. The molecule has 124 valence electrons. The highest BCUT2D eigenvalue weighted by Gasteiger charge is 2.31. The minimum atomic E-state index is -0.304. The van der Waals surface area contributed by atoms with E-state index < -0.39 is 0 Å². The number of hydrogen-bond donors (Lipinski definition) is 1. The minimum Gasteiger partial charge on any atom is -0.436 e. The van der Waals surface area contributed by atoms with Gasteiger partial charge < -0.3 is 14.6 Å². The number of hydrogen-bond acceptors (Lipinski definition) is 4. The molecule has 0 spiro atoms. The number of amides is 1. The average Bonchev–Trinajstić information content (AvgIpc) is 2.85. The van der Waals surface area contributed by atoms with Gasteiger partial charge in [-0.05, 0) is 24.6 Å². The highest BCUT2D eigenvalue weighted by atomic mass is 35.5. The summed E-state index contributed by atoms with van der Waals surface area (Å²) in [6, 6.07) is 6.14. The van der Waals surface area contributed by atoms with Crippen LogP contribution in [0.3, 0.4) is 0 Å². The number of aromatic nitrogens is 1. The Balaban J connectivity index is 0.00000192. The summed E-state index contributed by atoms with van der Waals surface area (Å²) in [5.74, 6) is 0.232. The number of aryl methyl sites for hydroxylation is 2. The van der Waals surface area contributed by atoms with E-state index in [1.54, 1.807) is 24.8 Å². The number of carbonyl (C=O) groups excluding carboxylic acids is 1. The highest BCUT2D eigenvalue weighted by molar-refractivity contribution is 5.92. The van der Waals surface area contributed by atoms with Gasteiger partial charge in [0.2, 0.25) is 5.76 Å². The topological polar surface area (TPSA) is 58.4 Å². The van der Waals surface area contributed by atoms with Gasteiger partial charge in [-0.3, -0.25) is 4.79 Å². The van der Waals surface area contributed by atoms with Gasteiger partial charge in [-0.25, -0.2) is 9.37 Å². The average molecular weight is 340 g/mol. The van der Waals surface area contributed by atoms with Gasteiger partial charge in [0.05, 0.1) is 11.7 Å². The summed E-state index contributed by atoms with van der Waals surface area (Å²) in [6.07, 6.45) is 0. The van der Waals surface area contributed by atoms with Crippen LogP contribution in [0.1, 0.15) is 33.7 Å². The predicted molar refractivity (Wildman–Crippen MR) is 86.3 cm³/mol. The van der Waals surface area contributed by atoms with E-state index in [1.165, 1.54) is 12.1 Å². The molecule has 1 aromatic carbocycles. The van der Waals surface area contributed by atoms with Crippen LogP contribution >= 0.6 is 12.4 Å². The molecule has 1 unspecified atom stereocenters. The Bertz CT molecular complexity index is 704. The lowest BCUT2D eigenvalue weighted by molar-refractivity contribution is 0.0599. The number of rotatable bonds is 2. The number of oxazole rings is 1. The van der Waals surface area contributed by atoms with Gasteiger partial charge in [0, 0.05) is 26.6 Å². The molecular weight excluding hydrogens is 321 g/mol. The molecule has 1 amide bonds. The summed E-state index contributed by atoms with van der Waals surface area (Å²) >= 11 is 0. The van der Waals surface area contributed by atoms with E-state index in [-0.39, 0.29) is 35.9 Å². The van der Waals surface area contributed by atoms with Gasteiger partial charge in [0.25, 0.3) is 5.91 Å². The molecule has 1 fully saturated rings. The summed E-state index contributed by atoms with van der Waals surface area (Å²) in [6.45, 7) is 5.29. The largest absolute Gasteiger partial charge is 0.436 e. The van der Waals surface area contributed by atoms with E-state index in [1.807, 2.05) is 6.07 Å². The molecule has 23 heavy (non-hydrogen) atoms. The first-order valence-electron chi connectivity index (χ1n) is 7.27. The van der Waals surface area contributed by atoms with Crippen LogP contribution in [0.4, 0.5) is 4.39 Å². The number of nitrogens with one attached hydrogen (secondary N) is 1. The molecule has 0 bridgehead atoms. The third-order valence-electron chi connectivity index (χ3n) is 3.84. The first-order valence-corrected chi connectivity index (χ1v) is 7.27. The zero-order chi connectivity index (χ0) is 15.7. The fourth-order valence-electron chi connectivity index (χ4n) is 2.82. The number of halogens is 2. The van der Waals surface area contributed by atoms with E-state index in [0.717, 1.165) is 5.56 Å². The van der Waals surface area contributed by atoms with Crippen molar-refractivity contribution < 1.29 is 13.6 Å². The molecule has 1 atom stereocenters. The van der Waals surface area contributed by atoms with Gasteiger partial charge in [0.1, 0.15) is 5.82 Å². The van der Waals surface area contributed by atoms with Crippen molar-refractivity contribution >= 4 is 18.3 Å². The van der Waals surface area contributed by atoms with E-state index in [9.17, 15) is 9.18 Å². The highest BCUT2D eigenvalue weighted by Crippen LogP contribution is 2.25. The third kappa shape index (κ3) is 3.54. The van der Waals surface area contributed by atoms with E-state index in [0.29, 0.717) is 31.2 Å². The normalized spacial score (nSPS) is 17.7. The molecule has 1 aromatic heterocycles. The van der Waals surface area contributed by atoms with Crippen molar-refractivity contribution in [2.75, 3.05) is 19.6 Å². The second kappa shape index (κ2) is 7.10. The lowest BCUT2D eigenvalue weighted by Gasteiger charge is -2.36. The summed E-state index contributed by atoms with van der Waals surface area (Å²) in [4.78, 5) is 18.6. The Kier molecular flexibility index (Phi) is 5.38. The van der Waals surface area contributed by atoms with Gasteiger partial charge in [-0.15, -0.1) is 12.4 Å². The zero-order valence-electron chi connectivity index (χ0n) is 13.0. The van der Waals surface area contributed by atoms with Crippen molar-refractivity contribution in [3.05, 3.63) is 53.0 Å². The van der Waals surface area contributed by atoms with E-state index in [4.69, 9.17) is 4.42 Å². The maximum Gasteiger partial charge on any atom is 0.292 e. The van der Waals surface area contributed by atoms with E-state index >= 15 is 0 Å². The van der Waals surface area contributed by atoms with Crippen molar-refractivity contribution in [3.8, 4) is 0 Å². The van der Waals surface area contributed by atoms with Crippen LogP contribution in [0, 0.1) is 19.7 Å². The molecule has 0 aliphatic carbocycles. The summed E-state index contributed by atoms with van der Waals surface area (Å²) in [7, 11) is 0. The van der Waals surface area contributed by atoms with Crippen molar-refractivity contribution in [2.24, 2.45) is 0 Å². The number of piperazine rings is 1. The second-order valence-electron chi connectivity index (χ2n) is 5.42. The zero-order valence-corrected chi connectivity index (χ0v) is 13.8. The van der Waals surface area contributed by atoms with Crippen LogP contribution in [0.25, 0.3) is 0 Å². The Morgan fingerprint density at radius 1 is 1.43 bits per heavy atom. The molecule has 0 radical (unpaired) electrons. The number of nitrogens with zero attached hydrogens (tertiary/aromatic N) is 2. The van der Waals surface area contributed by atoms with Gasteiger partial charge in [-0.1, -0.05) is 12.1 Å². The Labute approximate surface area is 140 Å². The monoisotopic (exact) mass is 339 g/mol. The summed E-state index contributed by atoms with van der Waals surface area (Å²) < 4.78 is 18.9. The fourth-order valence-corrected chi connectivity index (χ4v) is 2.82. The maximum absolute atomic E-state index is 13.5. The van der Waals surface area contributed by atoms with Crippen LogP contribution in [0.15, 0.2) is 28.7 Å². The molecule has 2 aromatic rings. The minimum absolute atomic E-state index is 0. The van der Waals surface area contributed by atoms with Crippen molar-refractivity contribution in [1.82, 2.24) is 15.2 Å². The number of carbonyl (C=O) groups is 1. The van der Waals surface area contributed by atoms with Crippen LogP contribution in [0.2, 0.25) is 0 Å². The summed E-state index contributed by atoms with van der Waals surface area (Å²) in [5.41, 5.74) is 1.36. The van der Waals surface area contributed by atoms with Crippen LogP contribution in [-0.2, 0) is 0 Å². The first-order chi connectivity index (χ1) is 10.6. The van der Waals surface area contributed by atoms with Crippen molar-refractivity contribution in [3.63, 3.8) is 0 Å². The van der Waals surface area contributed by atoms with Crippen LogP contribution in [-0.4, -0.2) is 35.4 Å². The molecule has 5 nitrogen and oxygen atoms in total. The van der Waals surface area contributed by atoms with Gasteiger partial charge in [-0.2, -0.15) is 0 Å². The lowest BCUT2D eigenvalue weighted by atomic mass is 10.0. The fraction of sp³-hybridized carbons (Fsp3) is 0.375. The lowest BCUT2D eigenvalue weighted by Crippen LogP contribution is -2.48. The smallest absolute Gasteiger partial charge is 0.292 e. The van der Waals surface area contributed by atoms with Crippen LogP contribution < -0.4 is 5.32 Å². The SMILES string of the molecule is Cc1nc(C)c(C(=O)N2CCNCC2c2cccc(F)c2)o1.Cl.